The summed E-state index contributed by atoms with van der Waals surface area (Å²) in [7, 11) is 0. The van der Waals surface area contributed by atoms with Crippen LogP contribution in [0.4, 0.5) is 5.69 Å². The van der Waals surface area contributed by atoms with E-state index in [2.05, 4.69) is 22.8 Å². The van der Waals surface area contributed by atoms with Crippen LogP contribution in [0.3, 0.4) is 0 Å². The van der Waals surface area contributed by atoms with Gasteiger partial charge in [0, 0.05) is 23.8 Å². The van der Waals surface area contributed by atoms with E-state index in [1.54, 1.807) is 0 Å². The molecule has 0 aromatic heterocycles. The normalized spacial score (nSPS) is 21.6. The van der Waals surface area contributed by atoms with Gasteiger partial charge < -0.3 is 20.3 Å². The average molecular weight is 492 g/mol. The Hall–Kier alpha value is -3.19. The van der Waals surface area contributed by atoms with Crippen molar-refractivity contribution in [3.05, 3.63) is 77.0 Å². The van der Waals surface area contributed by atoms with Crippen molar-refractivity contribution in [3.8, 4) is 0 Å². The molecule has 1 saturated carbocycles. The third-order valence-corrected chi connectivity index (χ3v) is 6.88. The quantitative estimate of drug-likeness (QED) is 0.393. The maximum Gasteiger partial charge on any atom is 0.338 e. The fraction of sp³-hybridized carbons (Fsp3) is 0.393. The number of esters is 1. The third kappa shape index (κ3) is 5.56. The first-order chi connectivity index (χ1) is 16.8. The van der Waals surface area contributed by atoms with Gasteiger partial charge in [-0.25, -0.2) is 4.79 Å². The lowest BCUT2D eigenvalue weighted by Gasteiger charge is -2.37. The second-order valence-electron chi connectivity index (χ2n) is 9.59. The molecule has 35 heavy (non-hydrogen) atoms. The summed E-state index contributed by atoms with van der Waals surface area (Å²) in [4.78, 5) is 27.7. The summed E-state index contributed by atoms with van der Waals surface area (Å²) in [5.74, 6) is 0.233. The molecule has 0 bridgehead atoms. The van der Waals surface area contributed by atoms with Crippen molar-refractivity contribution >= 4 is 34.9 Å². The second-order valence-corrected chi connectivity index (χ2v) is 9.98. The molecule has 1 aliphatic heterocycles. The minimum Gasteiger partial charge on any atom is -0.462 e. The van der Waals surface area contributed by atoms with Gasteiger partial charge in [0.05, 0.1) is 18.2 Å². The summed E-state index contributed by atoms with van der Waals surface area (Å²) >= 11 is 5.57. The lowest BCUT2D eigenvalue weighted by Crippen LogP contribution is -2.47. The van der Waals surface area contributed by atoms with Crippen molar-refractivity contribution in [1.29, 1.82) is 0 Å². The summed E-state index contributed by atoms with van der Waals surface area (Å²) in [5, 5.41) is 6.92. The van der Waals surface area contributed by atoms with Crippen LogP contribution in [0, 0.1) is 11.8 Å². The first kappa shape index (κ1) is 24.9. The average Bonchev–Trinajstić information content (AvgIpc) is 3.65. The van der Waals surface area contributed by atoms with E-state index in [4.69, 9.17) is 17.0 Å². The smallest absolute Gasteiger partial charge is 0.338 e. The highest BCUT2D eigenvalue weighted by molar-refractivity contribution is 7.80. The molecule has 4 rings (SSSR count). The van der Waals surface area contributed by atoms with Crippen LogP contribution in [0.1, 0.15) is 57.2 Å². The van der Waals surface area contributed by atoms with E-state index in [-0.39, 0.29) is 29.6 Å². The number of thiocarbonyl (C=S) groups is 1. The van der Waals surface area contributed by atoms with Gasteiger partial charge in [-0.15, -0.1) is 0 Å². The minimum absolute atomic E-state index is 0.00222. The second kappa shape index (κ2) is 10.6. The van der Waals surface area contributed by atoms with Crippen molar-refractivity contribution in [3.63, 3.8) is 0 Å². The molecule has 2 N–H and O–H groups in total. The number of amides is 1. The highest BCUT2D eigenvalue weighted by Gasteiger charge is 2.43. The molecule has 6 nitrogen and oxygen atoms in total. The lowest BCUT2D eigenvalue weighted by atomic mass is 9.94. The predicted molar refractivity (Wildman–Crippen MR) is 142 cm³/mol. The molecule has 7 heteroatoms. The molecule has 0 radical (unpaired) electrons. The van der Waals surface area contributed by atoms with E-state index in [9.17, 15) is 9.59 Å². The van der Waals surface area contributed by atoms with Crippen LogP contribution in [0.2, 0.25) is 0 Å². The van der Waals surface area contributed by atoms with Gasteiger partial charge in [-0.2, -0.15) is 0 Å². The molecule has 2 aromatic carbocycles. The highest BCUT2D eigenvalue weighted by atomic mass is 32.1. The number of allylic oxidation sites excluding steroid dienone is 1. The number of rotatable bonds is 8. The summed E-state index contributed by atoms with van der Waals surface area (Å²) < 4.78 is 5.59. The van der Waals surface area contributed by atoms with Gasteiger partial charge in [-0.1, -0.05) is 56.3 Å². The van der Waals surface area contributed by atoms with Crippen molar-refractivity contribution < 1.29 is 14.3 Å². The zero-order chi connectivity index (χ0) is 25.1. The number of nitrogens with one attached hydrogen (secondary N) is 2. The topological polar surface area (TPSA) is 70.7 Å². The Balaban J connectivity index is 1.48. The van der Waals surface area contributed by atoms with Crippen molar-refractivity contribution in [2.45, 2.75) is 46.1 Å². The van der Waals surface area contributed by atoms with E-state index in [1.165, 1.54) is 5.56 Å². The Morgan fingerprint density at radius 3 is 2.43 bits per heavy atom. The van der Waals surface area contributed by atoms with Gasteiger partial charge in [0.1, 0.15) is 0 Å². The predicted octanol–water partition coefficient (Wildman–Crippen LogP) is 5.15. The molecule has 1 amide bonds. The molecule has 1 fully saturated rings. The summed E-state index contributed by atoms with van der Waals surface area (Å²) in [6.07, 6.45) is 0.872. The standard InChI is InChI=1S/C28H33N3O3S/c1-5-31-18(4)24(27(33)34-16-17(2)3)25(30-28(31)35)20-11-13-21(14-12-20)29-26(32)23-15-22(23)19-9-7-6-8-10-19/h6-14,17,22-23,25H,5,15-16H2,1-4H3,(H,29,32)(H,30,35)/t22-,23-,25-/m1/s1. The SMILES string of the molecule is CCN1C(=S)N[C@H](c2ccc(NC(=O)[C@@H]3C[C@@H]3c3ccccc3)cc2)C(C(=O)OCC(C)C)=C1C. The van der Waals surface area contributed by atoms with Crippen molar-refractivity contribution in [1.82, 2.24) is 10.2 Å². The van der Waals surface area contributed by atoms with Crippen LogP contribution < -0.4 is 10.6 Å². The molecule has 0 spiro atoms. The Labute approximate surface area is 212 Å². The number of carbonyl (C=O) groups excluding carboxylic acids is 2. The minimum atomic E-state index is -0.416. The van der Waals surface area contributed by atoms with Gasteiger partial charge in [-0.05, 0) is 67.6 Å². The molecule has 2 aromatic rings. The van der Waals surface area contributed by atoms with Gasteiger partial charge >= 0.3 is 5.97 Å². The van der Waals surface area contributed by atoms with E-state index < -0.39 is 6.04 Å². The Bertz CT molecular complexity index is 1130. The molecule has 1 aliphatic carbocycles. The van der Waals surface area contributed by atoms with Gasteiger partial charge in [0.15, 0.2) is 5.11 Å². The van der Waals surface area contributed by atoms with Gasteiger partial charge in [-0.3, -0.25) is 4.79 Å². The first-order valence-corrected chi connectivity index (χ1v) is 12.6. The van der Waals surface area contributed by atoms with Crippen molar-refractivity contribution in [2.24, 2.45) is 11.8 Å². The molecular weight excluding hydrogens is 458 g/mol. The van der Waals surface area contributed by atoms with Crippen LogP contribution in [0.15, 0.2) is 65.9 Å². The molecular formula is C28H33N3O3S. The maximum absolute atomic E-state index is 13.1. The molecule has 2 aliphatic rings. The number of anilines is 1. The number of benzene rings is 2. The van der Waals surface area contributed by atoms with Crippen molar-refractivity contribution in [2.75, 3.05) is 18.5 Å². The maximum atomic E-state index is 13.1. The van der Waals surface area contributed by atoms with Crippen LogP contribution in [0.5, 0.6) is 0 Å². The largest absolute Gasteiger partial charge is 0.462 e. The fourth-order valence-corrected chi connectivity index (χ4v) is 4.93. The number of carbonyl (C=O) groups is 2. The van der Waals surface area contributed by atoms with E-state index >= 15 is 0 Å². The van der Waals surface area contributed by atoms with Crippen LogP contribution in [-0.2, 0) is 14.3 Å². The Kier molecular flexibility index (Phi) is 7.55. The van der Waals surface area contributed by atoms with E-state index in [1.807, 2.05) is 75.1 Å². The summed E-state index contributed by atoms with van der Waals surface area (Å²) in [6.45, 7) is 8.93. The highest BCUT2D eigenvalue weighted by Crippen LogP contribution is 2.47. The first-order valence-electron chi connectivity index (χ1n) is 12.2. The van der Waals surface area contributed by atoms with Crippen LogP contribution >= 0.6 is 12.2 Å². The summed E-state index contributed by atoms with van der Waals surface area (Å²) in [5.41, 5.74) is 4.18. The van der Waals surface area contributed by atoms with Gasteiger partial charge in [0.2, 0.25) is 5.91 Å². The molecule has 3 atom stereocenters. The lowest BCUT2D eigenvalue weighted by molar-refractivity contribution is -0.140. The number of nitrogens with zero attached hydrogens (tertiary/aromatic N) is 1. The van der Waals surface area contributed by atoms with E-state index in [0.717, 1.165) is 23.4 Å². The zero-order valence-electron chi connectivity index (χ0n) is 20.7. The molecule has 0 unspecified atom stereocenters. The van der Waals surface area contributed by atoms with Crippen LogP contribution in [0.25, 0.3) is 0 Å². The molecule has 0 saturated heterocycles. The van der Waals surface area contributed by atoms with Crippen LogP contribution in [-0.4, -0.2) is 35.0 Å². The Morgan fingerprint density at radius 1 is 1.11 bits per heavy atom. The number of hydrogen-bond acceptors (Lipinski definition) is 4. The number of ether oxygens (including phenoxy) is 1. The summed E-state index contributed by atoms with van der Waals surface area (Å²) in [6, 6.07) is 17.3. The molecule has 184 valence electrons. The zero-order valence-corrected chi connectivity index (χ0v) is 21.5. The Morgan fingerprint density at radius 2 is 1.80 bits per heavy atom. The number of hydrogen-bond donors (Lipinski definition) is 2. The fourth-order valence-electron chi connectivity index (χ4n) is 4.54. The molecule has 1 heterocycles. The monoisotopic (exact) mass is 491 g/mol. The third-order valence-electron chi connectivity index (χ3n) is 6.55. The van der Waals surface area contributed by atoms with Gasteiger partial charge in [0.25, 0.3) is 0 Å². The van der Waals surface area contributed by atoms with E-state index in [0.29, 0.717) is 23.8 Å².